The van der Waals surface area contributed by atoms with Gasteiger partial charge in [-0.25, -0.2) is 4.39 Å². The van der Waals surface area contributed by atoms with Gasteiger partial charge >= 0.3 is 0 Å². The SMILES string of the molecule is Nc1ccc2sc(COc3cccc(F)c3)cc2c1. The van der Waals surface area contributed by atoms with Crippen molar-refractivity contribution in [2.45, 2.75) is 6.61 Å². The molecule has 0 radical (unpaired) electrons. The minimum Gasteiger partial charge on any atom is -0.488 e. The number of anilines is 1. The van der Waals surface area contributed by atoms with E-state index in [-0.39, 0.29) is 5.82 Å². The van der Waals surface area contributed by atoms with Crippen molar-refractivity contribution in [3.63, 3.8) is 0 Å². The number of hydrogen-bond acceptors (Lipinski definition) is 3. The summed E-state index contributed by atoms with van der Waals surface area (Å²) < 4.78 is 19.8. The highest BCUT2D eigenvalue weighted by molar-refractivity contribution is 7.19. The average Bonchev–Trinajstić information content (AvgIpc) is 2.78. The molecule has 0 spiro atoms. The van der Waals surface area contributed by atoms with Crippen molar-refractivity contribution in [2.24, 2.45) is 0 Å². The third kappa shape index (κ3) is 2.69. The summed E-state index contributed by atoms with van der Waals surface area (Å²) in [5.74, 6) is 0.249. The molecule has 1 aromatic heterocycles. The van der Waals surface area contributed by atoms with Crippen LogP contribution in [-0.2, 0) is 6.61 Å². The van der Waals surface area contributed by atoms with E-state index >= 15 is 0 Å². The molecule has 19 heavy (non-hydrogen) atoms. The first-order valence-corrected chi connectivity index (χ1v) is 6.69. The van der Waals surface area contributed by atoms with E-state index in [0.29, 0.717) is 12.4 Å². The number of thiophene rings is 1. The Balaban J connectivity index is 1.78. The Morgan fingerprint density at radius 2 is 2.00 bits per heavy atom. The standard InChI is InChI=1S/C15H12FNOS/c16-11-2-1-3-13(8-11)18-9-14-7-10-6-12(17)4-5-15(10)19-14/h1-8H,9,17H2. The van der Waals surface area contributed by atoms with E-state index in [0.717, 1.165) is 16.0 Å². The predicted octanol–water partition coefficient (Wildman–Crippen LogP) is 4.20. The number of nitrogens with two attached hydrogens (primary N) is 1. The first kappa shape index (κ1) is 12.0. The Bertz CT molecular complexity index is 723. The summed E-state index contributed by atoms with van der Waals surface area (Å²) in [5.41, 5.74) is 6.50. The van der Waals surface area contributed by atoms with E-state index < -0.39 is 0 Å². The maximum absolute atomic E-state index is 13.0. The lowest BCUT2D eigenvalue weighted by Gasteiger charge is -2.03. The summed E-state index contributed by atoms with van der Waals surface area (Å²) in [6.45, 7) is 0.433. The molecule has 3 rings (SSSR count). The molecule has 0 saturated heterocycles. The second kappa shape index (κ2) is 4.90. The number of hydrogen-bond donors (Lipinski definition) is 1. The normalized spacial score (nSPS) is 10.8. The molecular weight excluding hydrogens is 261 g/mol. The van der Waals surface area contributed by atoms with Crippen LogP contribution in [0.15, 0.2) is 48.5 Å². The minimum atomic E-state index is -0.290. The van der Waals surface area contributed by atoms with Crippen molar-refractivity contribution in [2.75, 3.05) is 5.73 Å². The van der Waals surface area contributed by atoms with Gasteiger partial charge in [0.15, 0.2) is 0 Å². The van der Waals surface area contributed by atoms with Crippen molar-refractivity contribution in [3.05, 3.63) is 59.2 Å². The maximum atomic E-state index is 13.0. The Morgan fingerprint density at radius 3 is 2.84 bits per heavy atom. The van der Waals surface area contributed by atoms with Crippen LogP contribution in [-0.4, -0.2) is 0 Å². The molecule has 3 aromatic rings. The molecular formula is C15H12FNOS. The third-order valence-electron chi connectivity index (χ3n) is 2.77. The van der Waals surface area contributed by atoms with Crippen LogP contribution < -0.4 is 10.5 Å². The Morgan fingerprint density at radius 1 is 1.11 bits per heavy atom. The van der Waals surface area contributed by atoms with E-state index in [1.165, 1.54) is 16.8 Å². The quantitative estimate of drug-likeness (QED) is 0.726. The molecule has 0 aliphatic rings. The van der Waals surface area contributed by atoms with Crippen molar-refractivity contribution in [1.29, 1.82) is 0 Å². The molecule has 0 aliphatic carbocycles. The summed E-state index contributed by atoms with van der Waals surface area (Å²) >= 11 is 1.66. The molecule has 96 valence electrons. The van der Waals surface area contributed by atoms with E-state index in [4.69, 9.17) is 10.5 Å². The van der Waals surface area contributed by atoms with Gasteiger partial charge in [0.05, 0.1) is 0 Å². The number of nitrogen functional groups attached to an aromatic ring is 1. The van der Waals surface area contributed by atoms with E-state index in [9.17, 15) is 4.39 Å². The van der Waals surface area contributed by atoms with Gasteiger partial charge in [-0.15, -0.1) is 11.3 Å². The van der Waals surface area contributed by atoms with Crippen LogP contribution in [0.4, 0.5) is 10.1 Å². The van der Waals surface area contributed by atoms with Crippen LogP contribution in [0.3, 0.4) is 0 Å². The van der Waals surface area contributed by atoms with E-state index in [1.807, 2.05) is 18.2 Å². The van der Waals surface area contributed by atoms with Crippen LogP contribution in [0.25, 0.3) is 10.1 Å². The first-order valence-electron chi connectivity index (χ1n) is 5.87. The van der Waals surface area contributed by atoms with Crippen LogP contribution in [0, 0.1) is 5.82 Å². The lowest BCUT2D eigenvalue weighted by atomic mass is 10.2. The zero-order valence-electron chi connectivity index (χ0n) is 10.1. The molecule has 0 saturated carbocycles. The van der Waals surface area contributed by atoms with E-state index in [2.05, 4.69) is 6.07 Å². The molecule has 0 amide bonds. The largest absolute Gasteiger partial charge is 0.488 e. The fourth-order valence-electron chi connectivity index (χ4n) is 1.90. The molecule has 2 nitrogen and oxygen atoms in total. The highest BCUT2D eigenvalue weighted by Gasteiger charge is 2.03. The van der Waals surface area contributed by atoms with Gasteiger partial charge < -0.3 is 10.5 Å². The summed E-state index contributed by atoms with van der Waals surface area (Å²) in [6, 6.07) is 14.0. The smallest absolute Gasteiger partial charge is 0.126 e. The van der Waals surface area contributed by atoms with Crippen molar-refractivity contribution < 1.29 is 9.13 Å². The number of rotatable bonds is 3. The number of halogens is 1. The molecule has 0 fully saturated rings. The molecule has 0 bridgehead atoms. The van der Waals surface area contributed by atoms with Gasteiger partial charge in [0.2, 0.25) is 0 Å². The maximum Gasteiger partial charge on any atom is 0.126 e. The second-order valence-corrected chi connectivity index (χ2v) is 5.42. The molecule has 0 unspecified atom stereocenters. The Labute approximate surface area is 114 Å². The highest BCUT2D eigenvalue weighted by atomic mass is 32.1. The predicted molar refractivity (Wildman–Crippen MR) is 77.0 cm³/mol. The molecule has 0 aliphatic heterocycles. The molecule has 1 heterocycles. The van der Waals surface area contributed by atoms with Gasteiger partial charge in [0.1, 0.15) is 18.2 Å². The third-order valence-corrected chi connectivity index (χ3v) is 3.86. The van der Waals surface area contributed by atoms with Crippen LogP contribution >= 0.6 is 11.3 Å². The highest BCUT2D eigenvalue weighted by Crippen LogP contribution is 2.28. The Hall–Kier alpha value is -2.07. The lowest BCUT2D eigenvalue weighted by molar-refractivity contribution is 0.308. The fraction of sp³-hybridized carbons (Fsp3) is 0.0667. The average molecular weight is 273 g/mol. The Kier molecular flexibility index (Phi) is 3.09. The molecule has 2 aromatic carbocycles. The van der Waals surface area contributed by atoms with Gasteiger partial charge in [-0.1, -0.05) is 6.07 Å². The summed E-state index contributed by atoms with van der Waals surface area (Å²) in [7, 11) is 0. The summed E-state index contributed by atoms with van der Waals surface area (Å²) in [6.07, 6.45) is 0. The zero-order chi connectivity index (χ0) is 13.2. The van der Waals surface area contributed by atoms with Crippen molar-refractivity contribution in [3.8, 4) is 5.75 Å². The summed E-state index contributed by atoms with van der Waals surface area (Å²) in [4.78, 5) is 1.09. The molecule has 2 N–H and O–H groups in total. The fourth-order valence-corrected chi connectivity index (χ4v) is 2.86. The number of benzene rings is 2. The van der Waals surface area contributed by atoms with Crippen molar-refractivity contribution in [1.82, 2.24) is 0 Å². The van der Waals surface area contributed by atoms with Crippen molar-refractivity contribution >= 4 is 27.1 Å². The van der Waals surface area contributed by atoms with Gasteiger partial charge in [-0.3, -0.25) is 0 Å². The van der Waals surface area contributed by atoms with Gasteiger partial charge in [-0.2, -0.15) is 0 Å². The zero-order valence-corrected chi connectivity index (χ0v) is 10.9. The molecule has 0 atom stereocenters. The summed E-state index contributed by atoms with van der Waals surface area (Å²) in [5, 5.41) is 1.11. The number of ether oxygens (including phenoxy) is 1. The van der Waals surface area contributed by atoms with Crippen LogP contribution in [0.1, 0.15) is 4.88 Å². The monoisotopic (exact) mass is 273 g/mol. The van der Waals surface area contributed by atoms with Gasteiger partial charge in [-0.05, 0) is 41.8 Å². The van der Waals surface area contributed by atoms with Crippen LogP contribution in [0.5, 0.6) is 5.75 Å². The number of fused-ring (bicyclic) bond motifs is 1. The van der Waals surface area contributed by atoms with E-state index in [1.54, 1.807) is 23.5 Å². The lowest BCUT2D eigenvalue weighted by Crippen LogP contribution is -1.92. The minimum absolute atomic E-state index is 0.290. The topological polar surface area (TPSA) is 35.2 Å². The molecule has 4 heteroatoms. The first-order chi connectivity index (χ1) is 9.20. The van der Waals surface area contributed by atoms with Gasteiger partial charge in [0, 0.05) is 21.3 Å². The van der Waals surface area contributed by atoms with Gasteiger partial charge in [0.25, 0.3) is 0 Å². The second-order valence-electron chi connectivity index (χ2n) is 4.26. The van der Waals surface area contributed by atoms with Crippen LogP contribution in [0.2, 0.25) is 0 Å².